The zero-order valence-corrected chi connectivity index (χ0v) is 14.2. The summed E-state index contributed by atoms with van der Waals surface area (Å²) in [6.07, 6.45) is 0.181. The minimum Gasteiger partial charge on any atom is -0.497 e. The van der Waals surface area contributed by atoms with Crippen molar-refractivity contribution in [1.29, 1.82) is 0 Å². The zero-order chi connectivity index (χ0) is 18.2. The summed E-state index contributed by atoms with van der Waals surface area (Å²) >= 11 is 0. The van der Waals surface area contributed by atoms with Crippen LogP contribution in [0.3, 0.4) is 0 Å². The number of nitrogens with one attached hydrogen (secondary N) is 2. The van der Waals surface area contributed by atoms with Gasteiger partial charge in [0.2, 0.25) is 5.91 Å². The molecule has 7 heteroatoms. The van der Waals surface area contributed by atoms with Crippen LogP contribution in [0, 0.1) is 0 Å². The van der Waals surface area contributed by atoms with Crippen molar-refractivity contribution in [2.75, 3.05) is 31.4 Å². The van der Waals surface area contributed by atoms with Crippen LogP contribution in [0.25, 0.3) is 0 Å². The SMILES string of the molecule is COc1cccc(C(=O)Nc2ccc(OC)cc2NC(=O)CCN)c1. The van der Waals surface area contributed by atoms with E-state index in [4.69, 9.17) is 15.2 Å². The quantitative estimate of drug-likeness (QED) is 0.715. The molecule has 0 bridgehead atoms. The Morgan fingerprint density at radius 2 is 1.68 bits per heavy atom. The molecule has 0 aliphatic carbocycles. The van der Waals surface area contributed by atoms with Crippen molar-refractivity contribution < 1.29 is 19.1 Å². The Kier molecular flexibility index (Phi) is 6.36. The third kappa shape index (κ3) is 4.95. The number of benzene rings is 2. The summed E-state index contributed by atoms with van der Waals surface area (Å²) in [7, 11) is 3.06. The summed E-state index contributed by atoms with van der Waals surface area (Å²) in [6, 6.07) is 11.8. The van der Waals surface area contributed by atoms with Crippen LogP contribution in [-0.4, -0.2) is 32.6 Å². The van der Waals surface area contributed by atoms with E-state index in [2.05, 4.69) is 10.6 Å². The molecular formula is C18H21N3O4. The lowest BCUT2D eigenvalue weighted by Gasteiger charge is -2.14. The smallest absolute Gasteiger partial charge is 0.255 e. The summed E-state index contributed by atoms with van der Waals surface area (Å²) in [5.41, 5.74) is 6.73. The summed E-state index contributed by atoms with van der Waals surface area (Å²) in [5.74, 6) is 0.576. The minimum absolute atomic E-state index is 0.181. The molecule has 0 saturated heterocycles. The Morgan fingerprint density at radius 3 is 2.36 bits per heavy atom. The Hall–Kier alpha value is -3.06. The second-order valence-electron chi connectivity index (χ2n) is 5.18. The molecular weight excluding hydrogens is 322 g/mol. The van der Waals surface area contributed by atoms with Crippen molar-refractivity contribution in [3.63, 3.8) is 0 Å². The van der Waals surface area contributed by atoms with Gasteiger partial charge in [0.05, 0.1) is 25.6 Å². The summed E-state index contributed by atoms with van der Waals surface area (Å²) in [5, 5.41) is 5.51. The number of methoxy groups -OCH3 is 2. The van der Waals surface area contributed by atoms with E-state index < -0.39 is 0 Å². The number of hydrogen-bond donors (Lipinski definition) is 3. The lowest BCUT2D eigenvalue weighted by Crippen LogP contribution is -2.19. The summed E-state index contributed by atoms with van der Waals surface area (Å²) in [4.78, 5) is 24.3. The number of amides is 2. The first-order chi connectivity index (χ1) is 12.1. The Bertz CT molecular complexity index is 762. The lowest BCUT2D eigenvalue weighted by atomic mass is 10.2. The molecule has 4 N–H and O–H groups in total. The zero-order valence-electron chi connectivity index (χ0n) is 14.2. The molecule has 0 spiro atoms. The van der Waals surface area contributed by atoms with E-state index in [1.807, 2.05) is 0 Å². The third-order valence-corrected chi connectivity index (χ3v) is 3.45. The van der Waals surface area contributed by atoms with Crippen molar-refractivity contribution >= 4 is 23.2 Å². The molecule has 0 aliphatic rings. The molecule has 0 aliphatic heterocycles. The van der Waals surface area contributed by atoms with Gasteiger partial charge in [0, 0.05) is 24.6 Å². The molecule has 0 aromatic heterocycles. The van der Waals surface area contributed by atoms with Gasteiger partial charge < -0.3 is 25.8 Å². The van der Waals surface area contributed by atoms with E-state index in [9.17, 15) is 9.59 Å². The predicted octanol–water partition coefficient (Wildman–Crippen LogP) is 2.24. The summed E-state index contributed by atoms with van der Waals surface area (Å²) < 4.78 is 10.3. The molecule has 2 aromatic rings. The number of nitrogens with two attached hydrogens (primary N) is 1. The van der Waals surface area contributed by atoms with Crippen molar-refractivity contribution in [3.05, 3.63) is 48.0 Å². The molecule has 2 rings (SSSR count). The topological polar surface area (TPSA) is 103 Å². The summed E-state index contributed by atoms with van der Waals surface area (Å²) in [6.45, 7) is 0.237. The Balaban J connectivity index is 2.24. The average molecular weight is 343 g/mol. The molecule has 0 atom stereocenters. The Morgan fingerprint density at radius 1 is 0.960 bits per heavy atom. The van der Waals surface area contributed by atoms with E-state index in [0.29, 0.717) is 28.4 Å². The number of ether oxygens (including phenoxy) is 2. The maximum atomic E-state index is 12.5. The normalized spacial score (nSPS) is 10.0. The molecule has 132 valence electrons. The highest BCUT2D eigenvalue weighted by Gasteiger charge is 2.13. The molecule has 2 amide bonds. The molecule has 0 unspecified atom stereocenters. The molecule has 0 saturated carbocycles. The van der Waals surface area contributed by atoms with Gasteiger partial charge >= 0.3 is 0 Å². The standard InChI is InChI=1S/C18H21N3O4/c1-24-13-5-3-4-12(10-13)18(23)21-15-7-6-14(25-2)11-16(15)20-17(22)8-9-19/h3-7,10-11H,8-9,19H2,1-2H3,(H,20,22)(H,21,23). The van der Waals surface area contributed by atoms with E-state index in [1.165, 1.54) is 14.2 Å². The maximum Gasteiger partial charge on any atom is 0.255 e. The first-order valence-electron chi connectivity index (χ1n) is 7.70. The van der Waals surface area contributed by atoms with Gasteiger partial charge in [-0.25, -0.2) is 0 Å². The van der Waals surface area contributed by atoms with Crippen molar-refractivity contribution in [3.8, 4) is 11.5 Å². The van der Waals surface area contributed by atoms with Crippen LogP contribution in [0.2, 0.25) is 0 Å². The van der Waals surface area contributed by atoms with Gasteiger partial charge in [-0.05, 0) is 30.3 Å². The first-order valence-corrected chi connectivity index (χ1v) is 7.70. The molecule has 25 heavy (non-hydrogen) atoms. The highest BCUT2D eigenvalue weighted by molar-refractivity contribution is 6.07. The van der Waals surface area contributed by atoms with E-state index >= 15 is 0 Å². The van der Waals surface area contributed by atoms with Crippen LogP contribution < -0.4 is 25.8 Å². The number of carbonyl (C=O) groups excluding carboxylic acids is 2. The average Bonchev–Trinajstić information content (AvgIpc) is 2.63. The van der Waals surface area contributed by atoms with Crippen LogP contribution in [-0.2, 0) is 4.79 Å². The van der Waals surface area contributed by atoms with Crippen molar-refractivity contribution in [1.82, 2.24) is 0 Å². The van der Waals surface area contributed by atoms with Crippen LogP contribution >= 0.6 is 0 Å². The van der Waals surface area contributed by atoms with Crippen LogP contribution in [0.5, 0.6) is 11.5 Å². The largest absolute Gasteiger partial charge is 0.497 e. The van der Waals surface area contributed by atoms with Gasteiger partial charge in [0.25, 0.3) is 5.91 Å². The number of carbonyl (C=O) groups is 2. The van der Waals surface area contributed by atoms with Gasteiger partial charge in [-0.15, -0.1) is 0 Å². The van der Waals surface area contributed by atoms with Gasteiger partial charge in [0.15, 0.2) is 0 Å². The third-order valence-electron chi connectivity index (χ3n) is 3.45. The lowest BCUT2D eigenvalue weighted by molar-refractivity contribution is -0.116. The molecule has 0 radical (unpaired) electrons. The maximum absolute atomic E-state index is 12.5. The second kappa shape index (κ2) is 8.70. The fourth-order valence-corrected chi connectivity index (χ4v) is 2.17. The number of rotatable bonds is 7. The van der Waals surface area contributed by atoms with E-state index in [0.717, 1.165) is 0 Å². The van der Waals surface area contributed by atoms with E-state index in [1.54, 1.807) is 42.5 Å². The molecule has 0 fully saturated rings. The highest BCUT2D eigenvalue weighted by atomic mass is 16.5. The molecule has 0 heterocycles. The van der Waals surface area contributed by atoms with Gasteiger partial charge in [-0.2, -0.15) is 0 Å². The predicted molar refractivity (Wildman–Crippen MR) is 96.2 cm³/mol. The van der Waals surface area contributed by atoms with Gasteiger partial charge in [-0.1, -0.05) is 6.07 Å². The van der Waals surface area contributed by atoms with Gasteiger partial charge in [0.1, 0.15) is 11.5 Å². The van der Waals surface area contributed by atoms with Gasteiger partial charge in [-0.3, -0.25) is 9.59 Å². The second-order valence-corrected chi connectivity index (χ2v) is 5.18. The monoisotopic (exact) mass is 343 g/mol. The Labute approximate surface area is 146 Å². The molecule has 2 aromatic carbocycles. The fourth-order valence-electron chi connectivity index (χ4n) is 2.17. The number of hydrogen-bond acceptors (Lipinski definition) is 5. The van der Waals surface area contributed by atoms with Crippen molar-refractivity contribution in [2.24, 2.45) is 5.73 Å². The highest BCUT2D eigenvalue weighted by Crippen LogP contribution is 2.28. The molecule has 7 nitrogen and oxygen atoms in total. The first kappa shape index (κ1) is 18.3. The number of anilines is 2. The fraction of sp³-hybridized carbons (Fsp3) is 0.222. The van der Waals surface area contributed by atoms with Crippen LogP contribution in [0.4, 0.5) is 11.4 Å². The van der Waals surface area contributed by atoms with E-state index in [-0.39, 0.29) is 24.8 Å². The van der Waals surface area contributed by atoms with Crippen LogP contribution in [0.1, 0.15) is 16.8 Å². The van der Waals surface area contributed by atoms with Crippen molar-refractivity contribution in [2.45, 2.75) is 6.42 Å². The minimum atomic E-state index is -0.321. The van der Waals surface area contributed by atoms with Crippen LogP contribution in [0.15, 0.2) is 42.5 Å².